The second kappa shape index (κ2) is 8.53. The first kappa shape index (κ1) is 19.8. The number of nitrogens with one attached hydrogen (secondary N) is 3. The molecule has 0 saturated heterocycles. The van der Waals surface area contributed by atoms with Crippen LogP contribution in [-0.2, 0) is 12.8 Å². The molecular weight excluding hydrogens is 430 g/mol. The van der Waals surface area contributed by atoms with Crippen molar-refractivity contribution in [3.8, 4) is 0 Å². The van der Waals surface area contributed by atoms with Crippen LogP contribution >= 0.6 is 22.9 Å². The van der Waals surface area contributed by atoms with E-state index in [4.69, 9.17) is 11.6 Å². The van der Waals surface area contributed by atoms with Gasteiger partial charge in [-0.2, -0.15) is 0 Å². The highest BCUT2D eigenvalue weighted by Gasteiger charge is 2.19. The molecule has 2 heterocycles. The quantitative estimate of drug-likeness (QED) is 0.327. The van der Waals surface area contributed by atoms with Crippen LogP contribution in [0.5, 0.6) is 0 Å². The van der Waals surface area contributed by atoms with E-state index in [0.29, 0.717) is 16.4 Å². The number of carbonyl (C=O) groups excluding carboxylic acids is 1. The third-order valence-corrected chi connectivity index (χ3v) is 6.67. The highest BCUT2D eigenvalue weighted by atomic mass is 35.5. The molecule has 4 aromatic rings. The van der Waals surface area contributed by atoms with Gasteiger partial charge in [0.25, 0.3) is 0 Å². The zero-order chi connectivity index (χ0) is 21.2. The summed E-state index contributed by atoms with van der Waals surface area (Å²) in [6, 6.07) is 14.2. The van der Waals surface area contributed by atoms with Gasteiger partial charge in [-0.3, -0.25) is 0 Å². The molecular formula is C23H20ClN5OS. The maximum absolute atomic E-state index is 12.2. The van der Waals surface area contributed by atoms with Crippen molar-refractivity contribution in [3.05, 3.63) is 70.3 Å². The molecule has 0 bridgehead atoms. The van der Waals surface area contributed by atoms with Crippen LogP contribution < -0.4 is 16.0 Å². The predicted molar refractivity (Wildman–Crippen MR) is 128 cm³/mol. The lowest BCUT2D eigenvalue weighted by Crippen LogP contribution is -2.19. The first-order valence-corrected chi connectivity index (χ1v) is 11.3. The number of aryl methyl sites for hydroxylation is 2. The topological polar surface area (TPSA) is 78.9 Å². The third kappa shape index (κ3) is 4.33. The Bertz CT molecular complexity index is 1250. The van der Waals surface area contributed by atoms with Crippen molar-refractivity contribution < 1.29 is 4.79 Å². The van der Waals surface area contributed by atoms with Gasteiger partial charge in [-0.25, -0.2) is 14.8 Å². The molecule has 31 heavy (non-hydrogen) atoms. The standard InChI is InChI=1S/C23H20ClN5OS/c24-14-4-3-5-17(12-14)29-23(30)28-16-10-8-15(9-11-16)27-21-20-18-6-1-2-7-19(18)31-22(20)26-13-25-21/h3-5,8-13H,1-2,6-7H2,(H,25,26,27)(H2,28,29,30). The van der Waals surface area contributed by atoms with Gasteiger partial charge < -0.3 is 16.0 Å². The molecule has 0 aliphatic heterocycles. The second-order valence-electron chi connectivity index (χ2n) is 7.41. The highest BCUT2D eigenvalue weighted by Crippen LogP contribution is 2.38. The van der Waals surface area contributed by atoms with Gasteiger partial charge in [0.15, 0.2) is 0 Å². The summed E-state index contributed by atoms with van der Waals surface area (Å²) in [4.78, 5) is 23.7. The number of aromatic nitrogens is 2. The summed E-state index contributed by atoms with van der Waals surface area (Å²) >= 11 is 7.73. The minimum atomic E-state index is -0.328. The maximum atomic E-state index is 12.2. The number of hydrogen-bond acceptors (Lipinski definition) is 5. The number of anilines is 4. The lowest BCUT2D eigenvalue weighted by molar-refractivity contribution is 0.262. The van der Waals surface area contributed by atoms with Crippen LogP contribution in [-0.4, -0.2) is 16.0 Å². The minimum Gasteiger partial charge on any atom is -0.340 e. The number of halogens is 1. The van der Waals surface area contributed by atoms with Gasteiger partial charge in [0.05, 0.1) is 5.39 Å². The summed E-state index contributed by atoms with van der Waals surface area (Å²) in [5, 5.41) is 10.7. The molecule has 8 heteroatoms. The van der Waals surface area contributed by atoms with Crippen LogP contribution in [0.25, 0.3) is 10.2 Å². The summed E-state index contributed by atoms with van der Waals surface area (Å²) < 4.78 is 0. The van der Waals surface area contributed by atoms with E-state index in [1.807, 2.05) is 24.3 Å². The fourth-order valence-electron chi connectivity index (χ4n) is 3.82. The van der Waals surface area contributed by atoms with Gasteiger partial charge in [-0.1, -0.05) is 17.7 Å². The van der Waals surface area contributed by atoms with E-state index in [2.05, 4.69) is 25.9 Å². The van der Waals surface area contributed by atoms with E-state index in [1.54, 1.807) is 41.9 Å². The number of urea groups is 1. The van der Waals surface area contributed by atoms with Gasteiger partial charge in [-0.05, 0) is 73.7 Å². The SMILES string of the molecule is O=C(Nc1ccc(Nc2ncnc3sc4c(c23)CCCC4)cc1)Nc1cccc(Cl)c1. The Labute approximate surface area is 188 Å². The molecule has 2 aromatic heterocycles. The number of carbonyl (C=O) groups is 1. The molecule has 0 spiro atoms. The first-order chi connectivity index (χ1) is 15.2. The molecule has 1 aliphatic rings. The van der Waals surface area contributed by atoms with Crippen molar-refractivity contribution in [3.63, 3.8) is 0 Å². The van der Waals surface area contributed by atoms with Crippen LogP contribution in [0.1, 0.15) is 23.3 Å². The van der Waals surface area contributed by atoms with E-state index in [-0.39, 0.29) is 6.03 Å². The number of amides is 2. The lowest BCUT2D eigenvalue weighted by Gasteiger charge is -2.13. The van der Waals surface area contributed by atoms with Crippen molar-refractivity contribution in [1.29, 1.82) is 0 Å². The number of nitrogens with zero attached hydrogens (tertiary/aromatic N) is 2. The van der Waals surface area contributed by atoms with Gasteiger partial charge in [0.1, 0.15) is 17.0 Å². The summed E-state index contributed by atoms with van der Waals surface area (Å²) in [6.45, 7) is 0. The minimum absolute atomic E-state index is 0.328. The number of rotatable bonds is 4. The Kier molecular flexibility index (Phi) is 5.44. The average Bonchev–Trinajstić information content (AvgIpc) is 3.15. The molecule has 156 valence electrons. The van der Waals surface area contributed by atoms with E-state index in [0.717, 1.165) is 34.6 Å². The van der Waals surface area contributed by atoms with Crippen molar-refractivity contribution >= 4 is 62.1 Å². The molecule has 6 nitrogen and oxygen atoms in total. The van der Waals surface area contributed by atoms with E-state index in [9.17, 15) is 4.79 Å². The molecule has 5 rings (SSSR count). The Morgan fingerprint density at radius 2 is 1.71 bits per heavy atom. The second-order valence-corrected chi connectivity index (χ2v) is 8.93. The third-order valence-electron chi connectivity index (χ3n) is 5.24. The van der Waals surface area contributed by atoms with E-state index in [1.165, 1.54) is 23.3 Å². The molecule has 3 N–H and O–H groups in total. The fraction of sp³-hybridized carbons (Fsp3) is 0.174. The largest absolute Gasteiger partial charge is 0.340 e. The lowest BCUT2D eigenvalue weighted by atomic mass is 9.97. The molecule has 0 unspecified atom stereocenters. The summed E-state index contributed by atoms with van der Waals surface area (Å²) in [6.07, 6.45) is 6.29. The van der Waals surface area contributed by atoms with Crippen LogP contribution in [0, 0.1) is 0 Å². The van der Waals surface area contributed by atoms with Crippen LogP contribution in [0.15, 0.2) is 54.9 Å². The Morgan fingerprint density at radius 3 is 2.55 bits per heavy atom. The molecule has 0 radical (unpaired) electrons. The summed E-state index contributed by atoms with van der Waals surface area (Å²) in [7, 11) is 0. The zero-order valence-corrected chi connectivity index (χ0v) is 18.2. The van der Waals surface area contributed by atoms with Gasteiger partial charge >= 0.3 is 6.03 Å². The number of benzene rings is 2. The fourth-order valence-corrected chi connectivity index (χ4v) is 5.24. The van der Waals surface area contributed by atoms with Crippen molar-refractivity contribution in [1.82, 2.24) is 9.97 Å². The highest BCUT2D eigenvalue weighted by molar-refractivity contribution is 7.19. The molecule has 0 fully saturated rings. The van der Waals surface area contributed by atoms with E-state index < -0.39 is 0 Å². The van der Waals surface area contributed by atoms with Crippen LogP contribution in [0.3, 0.4) is 0 Å². The van der Waals surface area contributed by atoms with Crippen molar-refractivity contribution in [2.75, 3.05) is 16.0 Å². The monoisotopic (exact) mass is 449 g/mol. The number of thiophene rings is 1. The summed E-state index contributed by atoms with van der Waals surface area (Å²) in [5.74, 6) is 0.837. The molecule has 2 aromatic carbocycles. The van der Waals surface area contributed by atoms with Crippen LogP contribution in [0.2, 0.25) is 5.02 Å². The van der Waals surface area contributed by atoms with Crippen molar-refractivity contribution in [2.45, 2.75) is 25.7 Å². The Balaban J connectivity index is 1.30. The van der Waals surface area contributed by atoms with Gasteiger partial charge in [0.2, 0.25) is 0 Å². The van der Waals surface area contributed by atoms with E-state index >= 15 is 0 Å². The Morgan fingerprint density at radius 1 is 0.935 bits per heavy atom. The Hall–Kier alpha value is -3.16. The molecule has 2 amide bonds. The van der Waals surface area contributed by atoms with Gasteiger partial charge in [0, 0.05) is 27.0 Å². The maximum Gasteiger partial charge on any atom is 0.323 e. The average molecular weight is 450 g/mol. The normalized spacial score (nSPS) is 12.9. The number of hydrogen-bond donors (Lipinski definition) is 3. The predicted octanol–water partition coefficient (Wildman–Crippen LogP) is 6.61. The molecule has 0 atom stereocenters. The smallest absolute Gasteiger partial charge is 0.323 e. The first-order valence-electron chi connectivity index (χ1n) is 10.1. The van der Waals surface area contributed by atoms with Crippen molar-refractivity contribution in [2.24, 2.45) is 0 Å². The van der Waals surface area contributed by atoms with Crippen LogP contribution in [0.4, 0.5) is 27.7 Å². The zero-order valence-electron chi connectivity index (χ0n) is 16.6. The summed E-state index contributed by atoms with van der Waals surface area (Å²) in [5.41, 5.74) is 3.61. The van der Waals surface area contributed by atoms with Gasteiger partial charge in [-0.15, -0.1) is 11.3 Å². The molecule has 0 saturated carbocycles. The number of fused-ring (bicyclic) bond motifs is 3. The molecule has 1 aliphatic carbocycles.